The summed E-state index contributed by atoms with van der Waals surface area (Å²) in [6.07, 6.45) is -14.1. The Bertz CT molecular complexity index is 1780. The second kappa shape index (κ2) is 23.7. The smallest absolute Gasteiger partial charge is 0.416 e. The first kappa shape index (κ1) is 57.8. The second-order valence-electron chi connectivity index (χ2n) is 20.5. The van der Waals surface area contributed by atoms with Crippen molar-refractivity contribution in [2.24, 2.45) is 17.8 Å². The van der Waals surface area contributed by atoms with Crippen molar-refractivity contribution in [3.8, 4) is 0 Å². The number of anilines is 1. The summed E-state index contributed by atoms with van der Waals surface area (Å²) < 4.78 is 77.7. The molecular weight excluding hydrogens is 898 g/mol. The first-order valence-electron chi connectivity index (χ1n) is 24.0. The highest BCUT2D eigenvalue weighted by Crippen LogP contribution is 2.40. The van der Waals surface area contributed by atoms with E-state index in [2.05, 4.69) is 10.6 Å². The highest BCUT2D eigenvalue weighted by molar-refractivity contribution is 5.89. The molecule has 0 aliphatic carbocycles. The zero-order valence-corrected chi connectivity index (χ0v) is 42.2. The Morgan fingerprint density at radius 3 is 2.25 bits per heavy atom. The third-order valence-electron chi connectivity index (χ3n) is 14.4. The summed E-state index contributed by atoms with van der Waals surface area (Å²) in [4.78, 5) is 31.1. The standard InChI is InChI=1S/C48H81F3N4O13/c1-14-35-47(10,62)39(57)30(6)55(20-16-19-52-44(60)53-33-18-15-17-32(22-33)48(49,50)51)25-26(2)23-45(8,61)41(68-43-37(56)34(54(11)12)21-27(3)64-43)28(4)38(29(5)42(59)66-35)67-36-24-46(9,63-13)40(58)31(7)65-36/h15,17-18,22,26-31,34-41,43,56-58,61-62H,14,16,19-21,23-25H2,1-13H3,(H2,52,53,60)/t26-,27-,28+,29-,30-,31+,34+,35-,36+,37-,38+,39-,40+,41-,43+,45-,46-,47-/m1/s1. The Morgan fingerprint density at radius 2 is 1.65 bits per heavy atom. The van der Waals surface area contributed by atoms with Crippen molar-refractivity contribution in [2.75, 3.05) is 46.2 Å². The summed E-state index contributed by atoms with van der Waals surface area (Å²) >= 11 is 0. The number of methoxy groups -OCH3 is 1. The lowest BCUT2D eigenvalue weighted by Gasteiger charge is -2.48. The Labute approximate surface area is 400 Å². The lowest BCUT2D eigenvalue weighted by molar-refractivity contribution is -0.318. The first-order valence-corrected chi connectivity index (χ1v) is 24.0. The number of carbonyl (C=O) groups excluding carboxylic acids is 2. The maximum absolute atomic E-state index is 14.5. The number of esters is 1. The number of aliphatic hydroxyl groups excluding tert-OH is 3. The van der Waals surface area contributed by atoms with Gasteiger partial charge in [-0.05, 0) is 112 Å². The highest BCUT2D eigenvalue weighted by Gasteiger charge is 2.53. The number of rotatable bonds is 12. The normalized spacial score (nSPS) is 40.8. The minimum absolute atomic E-state index is 0.0414. The Hall–Kier alpha value is -2.73. The molecule has 68 heavy (non-hydrogen) atoms. The average molecular weight is 979 g/mol. The molecule has 0 bridgehead atoms. The van der Waals surface area contributed by atoms with Crippen LogP contribution in [0.15, 0.2) is 24.3 Å². The van der Waals surface area contributed by atoms with Crippen molar-refractivity contribution >= 4 is 17.7 Å². The number of hydrogen-bond donors (Lipinski definition) is 7. The van der Waals surface area contributed by atoms with Crippen LogP contribution < -0.4 is 10.6 Å². The number of cyclic esters (lactones) is 1. The van der Waals surface area contributed by atoms with Crippen LogP contribution in [-0.2, 0) is 39.4 Å². The van der Waals surface area contributed by atoms with Crippen LogP contribution in [0, 0.1) is 17.8 Å². The van der Waals surface area contributed by atoms with Gasteiger partial charge in [0.15, 0.2) is 12.6 Å². The third-order valence-corrected chi connectivity index (χ3v) is 14.4. The van der Waals surface area contributed by atoms with Crippen LogP contribution in [-0.4, -0.2) is 178 Å². The van der Waals surface area contributed by atoms with Crippen LogP contribution in [0.25, 0.3) is 0 Å². The number of amides is 2. The number of nitrogens with one attached hydrogen (secondary N) is 2. The van der Waals surface area contributed by atoms with E-state index in [0.29, 0.717) is 12.8 Å². The van der Waals surface area contributed by atoms with Gasteiger partial charge < -0.3 is 69.5 Å². The number of aliphatic hydroxyl groups is 5. The molecule has 1 aromatic carbocycles. The van der Waals surface area contributed by atoms with Gasteiger partial charge in [0, 0.05) is 56.9 Å². The molecule has 17 nitrogen and oxygen atoms in total. The fourth-order valence-corrected chi connectivity index (χ4v) is 10.3. The minimum atomic E-state index is -4.59. The van der Waals surface area contributed by atoms with E-state index < -0.39 is 114 Å². The van der Waals surface area contributed by atoms with E-state index in [0.717, 1.165) is 12.1 Å². The average Bonchev–Trinajstić information content (AvgIpc) is 3.25. The molecule has 3 fully saturated rings. The van der Waals surface area contributed by atoms with Crippen molar-refractivity contribution in [1.82, 2.24) is 15.1 Å². The fourth-order valence-electron chi connectivity index (χ4n) is 10.3. The molecule has 3 aliphatic rings. The summed E-state index contributed by atoms with van der Waals surface area (Å²) in [6.45, 7) is 17.5. The molecule has 3 heterocycles. The maximum Gasteiger partial charge on any atom is 0.416 e. The number of nitrogens with zero attached hydrogens (tertiary/aromatic N) is 2. The van der Waals surface area contributed by atoms with E-state index in [-0.39, 0.29) is 62.6 Å². The molecule has 2 amide bonds. The predicted octanol–water partition coefficient (Wildman–Crippen LogP) is 4.50. The van der Waals surface area contributed by atoms with Gasteiger partial charge in [-0.25, -0.2) is 4.79 Å². The van der Waals surface area contributed by atoms with Crippen LogP contribution in [0.2, 0.25) is 0 Å². The predicted molar refractivity (Wildman–Crippen MR) is 246 cm³/mol. The molecule has 18 atom stereocenters. The highest BCUT2D eigenvalue weighted by atomic mass is 19.4. The summed E-state index contributed by atoms with van der Waals surface area (Å²) in [5.74, 6) is -3.13. The Kier molecular flexibility index (Phi) is 20.1. The SMILES string of the molecule is CC[C@H]1OC(=O)[C@H](C)[C@@H](O[C@H]2C[C@@](C)(OC)[C@@H](O)[C@H](C)O2)[C@H](C)[C@@H](O[C@@H]2O[C@H](C)C[C@H](N(C)C)[C@H]2O)[C@](C)(O)C[C@@H](C)CN(CCCNC(=O)Nc2cccc(C(F)(F)F)c2)[C@H](C)[C@@H](O)[C@]1(C)O. The number of ether oxygens (including phenoxy) is 6. The number of hydrogen-bond acceptors (Lipinski definition) is 15. The number of alkyl halides is 3. The van der Waals surface area contributed by atoms with Gasteiger partial charge in [-0.15, -0.1) is 0 Å². The molecule has 392 valence electrons. The third kappa shape index (κ3) is 14.2. The molecule has 3 saturated heterocycles. The number of halogens is 3. The van der Waals surface area contributed by atoms with E-state index in [9.17, 15) is 48.3 Å². The van der Waals surface area contributed by atoms with Crippen molar-refractivity contribution in [3.63, 3.8) is 0 Å². The van der Waals surface area contributed by atoms with Crippen molar-refractivity contribution < 1.29 is 76.7 Å². The zero-order chi connectivity index (χ0) is 51.3. The van der Waals surface area contributed by atoms with Crippen molar-refractivity contribution in [1.29, 1.82) is 0 Å². The number of carbonyl (C=O) groups is 2. The van der Waals surface area contributed by atoms with Gasteiger partial charge in [-0.2, -0.15) is 13.2 Å². The van der Waals surface area contributed by atoms with Gasteiger partial charge >= 0.3 is 18.2 Å². The van der Waals surface area contributed by atoms with Gasteiger partial charge in [-0.1, -0.05) is 26.8 Å². The Balaban J connectivity index is 1.72. The van der Waals surface area contributed by atoms with Crippen LogP contribution in [0.5, 0.6) is 0 Å². The largest absolute Gasteiger partial charge is 0.459 e. The zero-order valence-electron chi connectivity index (χ0n) is 42.2. The first-order chi connectivity index (χ1) is 31.5. The van der Waals surface area contributed by atoms with Crippen molar-refractivity contribution in [3.05, 3.63) is 29.8 Å². The van der Waals surface area contributed by atoms with Crippen molar-refractivity contribution in [2.45, 2.75) is 198 Å². The molecule has 3 aliphatic heterocycles. The summed E-state index contributed by atoms with van der Waals surface area (Å²) in [5, 5.41) is 64.8. The van der Waals surface area contributed by atoms with Crippen LogP contribution in [0.4, 0.5) is 23.7 Å². The lowest BCUT2D eigenvalue weighted by atomic mass is 9.77. The summed E-state index contributed by atoms with van der Waals surface area (Å²) in [5.41, 5.74) is -5.77. The van der Waals surface area contributed by atoms with E-state index in [1.807, 2.05) is 37.7 Å². The second-order valence-corrected chi connectivity index (χ2v) is 20.5. The van der Waals surface area contributed by atoms with Gasteiger partial charge in [0.25, 0.3) is 0 Å². The Morgan fingerprint density at radius 1 is 0.985 bits per heavy atom. The van der Waals surface area contributed by atoms with Gasteiger partial charge in [-0.3, -0.25) is 9.69 Å². The van der Waals surface area contributed by atoms with Crippen LogP contribution in [0.1, 0.15) is 107 Å². The minimum Gasteiger partial charge on any atom is -0.459 e. The van der Waals surface area contributed by atoms with Crippen LogP contribution in [0.3, 0.4) is 0 Å². The quantitative estimate of drug-likeness (QED) is 0.113. The topological polar surface area (TPSA) is 221 Å². The number of benzene rings is 1. The molecule has 0 spiro atoms. The molecule has 1 aromatic rings. The van der Waals surface area contributed by atoms with Crippen LogP contribution >= 0.6 is 0 Å². The van der Waals surface area contributed by atoms with E-state index in [1.54, 1.807) is 48.5 Å². The van der Waals surface area contributed by atoms with E-state index in [4.69, 9.17) is 28.4 Å². The maximum atomic E-state index is 14.5. The van der Waals surface area contributed by atoms with E-state index in [1.165, 1.54) is 26.2 Å². The van der Waals surface area contributed by atoms with Gasteiger partial charge in [0.2, 0.25) is 0 Å². The molecule has 0 aromatic heterocycles. The number of likely N-dealkylation sites (N-methyl/N-ethyl adjacent to an activating group) is 1. The summed E-state index contributed by atoms with van der Waals surface area (Å²) in [6, 6.07) is 2.40. The van der Waals surface area contributed by atoms with E-state index >= 15 is 0 Å². The molecule has 0 unspecified atom stereocenters. The molecule has 7 N–H and O–H groups in total. The van der Waals surface area contributed by atoms with Gasteiger partial charge in [0.1, 0.15) is 30.0 Å². The molecule has 20 heteroatoms. The molecule has 4 rings (SSSR count). The number of urea groups is 1. The monoisotopic (exact) mass is 979 g/mol. The molecule has 0 radical (unpaired) electrons. The van der Waals surface area contributed by atoms with Gasteiger partial charge in [0.05, 0.1) is 47.1 Å². The molecular formula is C48H81F3N4O13. The fraction of sp³-hybridized carbons (Fsp3) is 0.833. The lowest BCUT2D eigenvalue weighted by Crippen LogP contribution is -2.60. The molecule has 0 saturated carbocycles. The summed E-state index contributed by atoms with van der Waals surface area (Å²) in [7, 11) is 5.16.